The molecule has 0 spiro atoms. The Kier molecular flexibility index (Phi) is 6.49. The Morgan fingerprint density at radius 1 is 1.35 bits per heavy atom. The zero-order valence-electron chi connectivity index (χ0n) is 10.4. The summed E-state index contributed by atoms with van der Waals surface area (Å²) in [5.74, 6) is -1.33. The van der Waals surface area contributed by atoms with Gasteiger partial charge >= 0.3 is 101 Å². The summed E-state index contributed by atoms with van der Waals surface area (Å²) in [6, 6.07) is -1.88. The Morgan fingerprint density at radius 3 is 2.24 bits per heavy atom. The first kappa shape index (κ1) is 15.6. The summed E-state index contributed by atoms with van der Waals surface area (Å²) in [5.41, 5.74) is 5.59. The number of carbonyl (C=O) groups excluding carboxylic acids is 1. The number of carboxylic acids is 1. The van der Waals surface area contributed by atoms with Crippen molar-refractivity contribution in [2.24, 2.45) is 5.73 Å². The molecule has 3 atom stereocenters. The van der Waals surface area contributed by atoms with Gasteiger partial charge in [0, 0.05) is 0 Å². The topological polar surface area (TPSA) is 104 Å². The van der Waals surface area contributed by atoms with Gasteiger partial charge in [0.1, 0.15) is 0 Å². The molecule has 0 heterocycles. The van der Waals surface area contributed by atoms with Gasteiger partial charge in [-0.1, -0.05) is 0 Å². The summed E-state index contributed by atoms with van der Waals surface area (Å²) in [5, 5.41) is 14.1. The SMILES string of the molecule is [B]=C(NC(CC)C(=O)O)C(C)NC(=O)C(C)N. The molecule has 0 aromatic heterocycles. The van der Waals surface area contributed by atoms with Gasteiger partial charge in [0.25, 0.3) is 0 Å². The van der Waals surface area contributed by atoms with Crippen molar-refractivity contribution < 1.29 is 14.7 Å². The predicted octanol–water partition coefficient (Wildman–Crippen LogP) is -1.41. The number of nitrogens with two attached hydrogens (primary N) is 1. The normalized spacial score (nSPS) is 15.5. The van der Waals surface area contributed by atoms with E-state index in [9.17, 15) is 9.59 Å². The van der Waals surface area contributed by atoms with Crippen LogP contribution in [0.4, 0.5) is 0 Å². The van der Waals surface area contributed by atoms with Crippen LogP contribution in [0.5, 0.6) is 0 Å². The fourth-order valence-corrected chi connectivity index (χ4v) is 1.09. The van der Waals surface area contributed by atoms with Crippen LogP contribution in [0.1, 0.15) is 27.2 Å². The standard InChI is InChI=1S/C10H19BN3O3/c1-4-7(10(16)17)14-8(11)6(3)13-9(15)5(2)12/h5-7,14H,4,12H2,1-3H3,(H,13,15)(H,16,17). The Hall–Kier alpha value is -1.37. The molecule has 0 bridgehead atoms. The summed E-state index contributed by atoms with van der Waals surface area (Å²) in [4.78, 5) is 22.1. The Bertz CT molecular complexity index is 307. The first-order valence-corrected chi connectivity index (χ1v) is 5.47. The number of hydrogen-bond acceptors (Lipinski definition) is 4. The van der Waals surface area contributed by atoms with Crippen LogP contribution in [0.25, 0.3) is 0 Å². The predicted molar refractivity (Wildman–Crippen MR) is 66.9 cm³/mol. The number of carbonyl (C=O) groups is 2. The van der Waals surface area contributed by atoms with Gasteiger partial charge in [-0.2, -0.15) is 0 Å². The number of hydrogen-bond donors (Lipinski definition) is 4. The van der Waals surface area contributed by atoms with Crippen molar-refractivity contribution in [1.82, 2.24) is 10.6 Å². The van der Waals surface area contributed by atoms with E-state index in [0.717, 1.165) is 0 Å². The number of nitrogens with one attached hydrogen (secondary N) is 2. The number of amides is 1. The fourth-order valence-electron chi connectivity index (χ4n) is 1.09. The molecule has 7 heteroatoms. The van der Waals surface area contributed by atoms with Gasteiger partial charge < -0.3 is 0 Å². The van der Waals surface area contributed by atoms with Crippen LogP contribution in [0.2, 0.25) is 0 Å². The first-order chi connectivity index (χ1) is 7.79. The molecule has 0 aromatic carbocycles. The van der Waals surface area contributed by atoms with Gasteiger partial charge in [0.2, 0.25) is 0 Å². The molecule has 0 aliphatic carbocycles. The first-order valence-electron chi connectivity index (χ1n) is 5.47. The summed E-state index contributed by atoms with van der Waals surface area (Å²) in [6.07, 6.45) is 0.393. The molecular weight excluding hydrogens is 221 g/mol. The molecule has 0 saturated carbocycles. The molecule has 0 saturated heterocycles. The molecule has 0 aromatic rings. The molecule has 0 aliphatic rings. The molecule has 95 valence electrons. The van der Waals surface area contributed by atoms with Crippen LogP contribution in [0.3, 0.4) is 0 Å². The van der Waals surface area contributed by atoms with Crippen LogP contribution in [0.15, 0.2) is 0 Å². The molecule has 1 radical (unpaired) electrons. The molecule has 0 rings (SSSR count). The summed E-state index contributed by atoms with van der Waals surface area (Å²) in [7, 11) is 5.67. The molecule has 3 unspecified atom stereocenters. The van der Waals surface area contributed by atoms with Crippen LogP contribution < -0.4 is 16.4 Å². The molecule has 6 nitrogen and oxygen atoms in total. The van der Waals surface area contributed by atoms with Crippen molar-refractivity contribution in [3.8, 4) is 0 Å². The van der Waals surface area contributed by atoms with E-state index in [1.807, 2.05) is 0 Å². The van der Waals surface area contributed by atoms with Gasteiger partial charge in [-0.25, -0.2) is 0 Å². The maximum atomic E-state index is 11.3. The van der Waals surface area contributed by atoms with Crippen molar-refractivity contribution in [2.45, 2.75) is 45.3 Å². The summed E-state index contributed by atoms with van der Waals surface area (Å²) >= 11 is 0. The van der Waals surface area contributed by atoms with Crippen molar-refractivity contribution in [3.05, 3.63) is 0 Å². The Balaban J connectivity index is 4.31. The van der Waals surface area contributed by atoms with E-state index >= 15 is 0 Å². The minimum atomic E-state index is -0.985. The van der Waals surface area contributed by atoms with Gasteiger partial charge in [0.05, 0.1) is 0 Å². The zero-order valence-corrected chi connectivity index (χ0v) is 10.4. The van der Waals surface area contributed by atoms with E-state index in [2.05, 4.69) is 10.6 Å². The summed E-state index contributed by atoms with van der Waals surface area (Å²) < 4.78 is 0. The van der Waals surface area contributed by atoms with Crippen LogP contribution >= 0.6 is 0 Å². The summed E-state index contributed by atoms with van der Waals surface area (Å²) in [6.45, 7) is 4.93. The van der Waals surface area contributed by atoms with Gasteiger partial charge in [-0.3, -0.25) is 0 Å². The van der Waals surface area contributed by atoms with Gasteiger partial charge in [-0.05, 0) is 0 Å². The fraction of sp³-hybridized carbons (Fsp3) is 0.700. The van der Waals surface area contributed by atoms with Crippen molar-refractivity contribution in [2.75, 3.05) is 0 Å². The van der Waals surface area contributed by atoms with E-state index in [1.165, 1.54) is 0 Å². The van der Waals surface area contributed by atoms with Crippen LogP contribution in [0, 0.1) is 0 Å². The third-order valence-electron chi connectivity index (χ3n) is 2.29. The second kappa shape index (κ2) is 7.06. The number of rotatable bonds is 7. The van der Waals surface area contributed by atoms with Gasteiger partial charge in [-0.15, -0.1) is 0 Å². The second-order valence-electron chi connectivity index (χ2n) is 3.92. The monoisotopic (exact) mass is 240 g/mol. The van der Waals surface area contributed by atoms with E-state index in [-0.39, 0.29) is 11.5 Å². The average Bonchev–Trinajstić information content (AvgIpc) is 2.24. The van der Waals surface area contributed by atoms with E-state index in [4.69, 9.17) is 18.3 Å². The maximum absolute atomic E-state index is 11.3. The molecule has 0 aliphatic heterocycles. The zero-order chi connectivity index (χ0) is 13.6. The second-order valence-corrected chi connectivity index (χ2v) is 3.92. The Morgan fingerprint density at radius 2 is 1.88 bits per heavy atom. The van der Waals surface area contributed by atoms with Gasteiger partial charge in [0.15, 0.2) is 0 Å². The quantitative estimate of drug-likeness (QED) is 0.409. The van der Waals surface area contributed by atoms with Crippen molar-refractivity contribution >= 4 is 25.0 Å². The molecular formula is C10H19BN3O3. The van der Waals surface area contributed by atoms with Crippen LogP contribution in [-0.4, -0.2) is 48.2 Å². The van der Waals surface area contributed by atoms with Crippen molar-refractivity contribution in [1.29, 1.82) is 0 Å². The van der Waals surface area contributed by atoms with Crippen LogP contribution in [-0.2, 0) is 9.59 Å². The number of aliphatic carboxylic acids is 1. The molecule has 17 heavy (non-hydrogen) atoms. The van der Waals surface area contributed by atoms with E-state index < -0.39 is 24.1 Å². The number of carboxylic acid groups (broad SMARTS) is 1. The van der Waals surface area contributed by atoms with E-state index in [1.54, 1.807) is 20.8 Å². The minimum absolute atomic E-state index is 0.202. The molecule has 1 amide bonds. The van der Waals surface area contributed by atoms with Crippen molar-refractivity contribution in [3.63, 3.8) is 0 Å². The molecule has 5 N–H and O–H groups in total. The average molecular weight is 240 g/mol. The molecule has 0 fully saturated rings. The third-order valence-corrected chi connectivity index (χ3v) is 2.29. The van der Waals surface area contributed by atoms with E-state index in [0.29, 0.717) is 6.42 Å². The Labute approximate surface area is 102 Å². The third kappa shape index (κ3) is 5.49.